The maximum atomic E-state index is 11.9. The number of halogens is 1. The van der Waals surface area contributed by atoms with E-state index in [2.05, 4.69) is 48.8 Å². The Kier molecular flexibility index (Phi) is 5.19. The third-order valence-electron chi connectivity index (χ3n) is 2.69. The SMILES string of the molecule is CC(C)(C)N(CCc1ccccc1)C(=O)CBr. The molecule has 0 radical (unpaired) electrons. The Balaban J connectivity index is 2.65. The third kappa shape index (κ3) is 4.50. The zero-order valence-electron chi connectivity index (χ0n) is 10.7. The molecule has 2 nitrogen and oxygen atoms in total. The van der Waals surface area contributed by atoms with Gasteiger partial charge in [0.25, 0.3) is 0 Å². The van der Waals surface area contributed by atoms with Crippen LogP contribution in [-0.2, 0) is 11.2 Å². The standard InChI is InChI=1S/C14H20BrNO/c1-14(2,3)16(13(17)11-15)10-9-12-7-5-4-6-8-12/h4-8H,9-11H2,1-3H3. The second kappa shape index (κ2) is 6.20. The van der Waals surface area contributed by atoms with Crippen LogP contribution in [0.15, 0.2) is 30.3 Å². The zero-order valence-corrected chi connectivity index (χ0v) is 12.3. The molecule has 0 saturated heterocycles. The fraction of sp³-hybridized carbons (Fsp3) is 0.500. The summed E-state index contributed by atoms with van der Waals surface area (Å²) in [5.74, 6) is 0.147. The maximum absolute atomic E-state index is 11.9. The van der Waals surface area contributed by atoms with Crippen molar-refractivity contribution in [1.29, 1.82) is 0 Å². The molecular formula is C14H20BrNO. The summed E-state index contributed by atoms with van der Waals surface area (Å²) in [4.78, 5) is 13.8. The molecule has 17 heavy (non-hydrogen) atoms. The summed E-state index contributed by atoms with van der Waals surface area (Å²) in [5.41, 5.74) is 1.14. The smallest absolute Gasteiger partial charge is 0.233 e. The summed E-state index contributed by atoms with van der Waals surface area (Å²) in [7, 11) is 0. The summed E-state index contributed by atoms with van der Waals surface area (Å²) in [6.45, 7) is 6.97. The number of carbonyl (C=O) groups excluding carboxylic acids is 1. The summed E-state index contributed by atoms with van der Waals surface area (Å²) in [6.07, 6.45) is 0.900. The normalized spacial score (nSPS) is 11.3. The fourth-order valence-corrected chi connectivity index (χ4v) is 2.09. The van der Waals surface area contributed by atoms with Gasteiger partial charge in [-0.05, 0) is 32.8 Å². The summed E-state index contributed by atoms with van der Waals surface area (Å²) in [6, 6.07) is 10.3. The zero-order chi connectivity index (χ0) is 12.9. The minimum Gasteiger partial charge on any atom is -0.337 e. The monoisotopic (exact) mass is 297 g/mol. The van der Waals surface area contributed by atoms with Crippen molar-refractivity contribution >= 4 is 21.8 Å². The minimum absolute atomic E-state index is 0.125. The van der Waals surface area contributed by atoms with E-state index in [0.29, 0.717) is 5.33 Å². The molecule has 0 spiro atoms. The molecule has 94 valence electrons. The third-order valence-corrected chi connectivity index (χ3v) is 3.17. The first kappa shape index (κ1) is 14.2. The van der Waals surface area contributed by atoms with Gasteiger partial charge in [0.1, 0.15) is 0 Å². The molecule has 0 atom stereocenters. The molecule has 0 fully saturated rings. The number of hydrogen-bond acceptors (Lipinski definition) is 1. The molecular weight excluding hydrogens is 278 g/mol. The van der Waals surface area contributed by atoms with E-state index in [1.807, 2.05) is 23.1 Å². The molecule has 0 aliphatic rings. The van der Waals surface area contributed by atoms with E-state index in [9.17, 15) is 4.79 Å². The predicted molar refractivity (Wildman–Crippen MR) is 75.4 cm³/mol. The molecule has 0 heterocycles. The van der Waals surface area contributed by atoms with E-state index in [1.165, 1.54) is 5.56 Å². The van der Waals surface area contributed by atoms with Crippen molar-refractivity contribution in [2.24, 2.45) is 0 Å². The average Bonchev–Trinajstić information content (AvgIpc) is 2.28. The largest absolute Gasteiger partial charge is 0.337 e. The maximum Gasteiger partial charge on any atom is 0.233 e. The molecule has 0 aliphatic heterocycles. The van der Waals surface area contributed by atoms with Crippen LogP contribution >= 0.6 is 15.9 Å². The van der Waals surface area contributed by atoms with E-state index >= 15 is 0 Å². The van der Waals surface area contributed by atoms with Gasteiger partial charge in [-0.2, -0.15) is 0 Å². The molecule has 0 aromatic heterocycles. The lowest BCUT2D eigenvalue weighted by atomic mass is 10.0. The Hall–Kier alpha value is -0.830. The van der Waals surface area contributed by atoms with E-state index in [4.69, 9.17) is 0 Å². The van der Waals surface area contributed by atoms with Crippen molar-refractivity contribution in [2.75, 3.05) is 11.9 Å². The van der Waals surface area contributed by atoms with E-state index < -0.39 is 0 Å². The van der Waals surface area contributed by atoms with Crippen molar-refractivity contribution < 1.29 is 4.79 Å². The van der Waals surface area contributed by atoms with Crippen molar-refractivity contribution in [3.63, 3.8) is 0 Å². The van der Waals surface area contributed by atoms with Crippen LogP contribution in [0.25, 0.3) is 0 Å². The van der Waals surface area contributed by atoms with Crippen LogP contribution < -0.4 is 0 Å². The van der Waals surface area contributed by atoms with Crippen LogP contribution in [0.4, 0.5) is 0 Å². The molecule has 3 heteroatoms. The average molecular weight is 298 g/mol. The van der Waals surface area contributed by atoms with Crippen molar-refractivity contribution in [1.82, 2.24) is 4.90 Å². The summed E-state index contributed by atoms with van der Waals surface area (Å²) in [5, 5.41) is 0.388. The molecule has 0 N–H and O–H groups in total. The van der Waals surface area contributed by atoms with Crippen molar-refractivity contribution in [3.05, 3.63) is 35.9 Å². The first-order chi connectivity index (χ1) is 7.95. The number of rotatable bonds is 4. The van der Waals surface area contributed by atoms with Crippen LogP contribution in [0.1, 0.15) is 26.3 Å². The fourth-order valence-electron chi connectivity index (χ4n) is 1.79. The van der Waals surface area contributed by atoms with Gasteiger partial charge in [0, 0.05) is 12.1 Å². The summed E-state index contributed by atoms with van der Waals surface area (Å²) >= 11 is 3.24. The van der Waals surface area contributed by atoms with Gasteiger partial charge in [-0.3, -0.25) is 4.79 Å². The first-order valence-electron chi connectivity index (χ1n) is 5.85. The van der Waals surface area contributed by atoms with Gasteiger partial charge in [-0.1, -0.05) is 46.3 Å². The Morgan fingerprint density at radius 2 is 1.82 bits per heavy atom. The lowest BCUT2D eigenvalue weighted by Crippen LogP contribution is -2.47. The number of amides is 1. The Morgan fingerprint density at radius 3 is 2.29 bits per heavy atom. The van der Waals surface area contributed by atoms with Crippen LogP contribution in [0.2, 0.25) is 0 Å². The minimum atomic E-state index is -0.125. The highest BCUT2D eigenvalue weighted by Crippen LogP contribution is 2.15. The highest BCUT2D eigenvalue weighted by molar-refractivity contribution is 9.09. The van der Waals surface area contributed by atoms with E-state index in [1.54, 1.807) is 0 Å². The van der Waals surface area contributed by atoms with Crippen molar-refractivity contribution in [2.45, 2.75) is 32.7 Å². The van der Waals surface area contributed by atoms with Gasteiger partial charge in [0.2, 0.25) is 5.91 Å². The van der Waals surface area contributed by atoms with Crippen LogP contribution in [0, 0.1) is 0 Å². The van der Waals surface area contributed by atoms with Crippen LogP contribution in [0.3, 0.4) is 0 Å². The molecule has 0 saturated carbocycles. The lowest BCUT2D eigenvalue weighted by molar-refractivity contribution is -0.132. The van der Waals surface area contributed by atoms with E-state index in [0.717, 1.165) is 13.0 Å². The number of carbonyl (C=O) groups is 1. The molecule has 0 bridgehead atoms. The Morgan fingerprint density at radius 1 is 1.24 bits per heavy atom. The Bertz CT molecular complexity index is 356. The van der Waals surface area contributed by atoms with Gasteiger partial charge < -0.3 is 4.90 Å². The molecule has 1 amide bonds. The molecule has 1 aromatic carbocycles. The second-order valence-electron chi connectivity index (χ2n) is 5.09. The number of benzene rings is 1. The summed E-state index contributed by atoms with van der Waals surface area (Å²) < 4.78 is 0. The van der Waals surface area contributed by atoms with Gasteiger partial charge in [-0.15, -0.1) is 0 Å². The number of hydrogen-bond donors (Lipinski definition) is 0. The molecule has 1 rings (SSSR count). The Labute approximate surface area is 112 Å². The number of alkyl halides is 1. The van der Waals surface area contributed by atoms with Gasteiger partial charge in [-0.25, -0.2) is 0 Å². The quantitative estimate of drug-likeness (QED) is 0.781. The molecule has 0 unspecified atom stereocenters. The highest BCUT2D eigenvalue weighted by Gasteiger charge is 2.24. The van der Waals surface area contributed by atoms with Crippen molar-refractivity contribution in [3.8, 4) is 0 Å². The number of nitrogens with zero attached hydrogens (tertiary/aromatic N) is 1. The van der Waals surface area contributed by atoms with Gasteiger partial charge in [0.15, 0.2) is 0 Å². The van der Waals surface area contributed by atoms with E-state index in [-0.39, 0.29) is 11.4 Å². The van der Waals surface area contributed by atoms with Gasteiger partial charge in [0.05, 0.1) is 5.33 Å². The molecule has 0 aliphatic carbocycles. The highest BCUT2D eigenvalue weighted by atomic mass is 79.9. The van der Waals surface area contributed by atoms with Crippen LogP contribution in [-0.4, -0.2) is 28.2 Å². The van der Waals surface area contributed by atoms with Crippen LogP contribution in [0.5, 0.6) is 0 Å². The molecule has 1 aromatic rings. The first-order valence-corrected chi connectivity index (χ1v) is 6.97. The predicted octanol–water partition coefficient (Wildman–Crippen LogP) is 3.25. The topological polar surface area (TPSA) is 20.3 Å². The lowest BCUT2D eigenvalue weighted by Gasteiger charge is -2.35. The second-order valence-corrected chi connectivity index (χ2v) is 5.65. The van der Waals surface area contributed by atoms with Gasteiger partial charge >= 0.3 is 0 Å².